The molecule has 1 saturated carbocycles. The van der Waals surface area contributed by atoms with E-state index < -0.39 is 0 Å². The summed E-state index contributed by atoms with van der Waals surface area (Å²) in [7, 11) is 0. The van der Waals surface area contributed by atoms with Crippen LogP contribution in [0.25, 0.3) is 0 Å². The van der Waals surface area contributed by atoms with E-state index >= 15 is 0 Å². The minimum Gasteiger partial charge on any atom is -0.325 e. The lowest BCUT2D eigenvalue weighted by Crippen LogP contribution is -2.37. The molecule has 0 aromatic heterocycles. The van der Waals surface area contributed by atoms with Gasteiger partial charge in [-0.1, -0.05) is 6.92 Å². The average molecular weight is 113 g/mol. The molecule has 1 aliphatic rings. The molecule has 0 saturated heterocycles. The SMILES string of the molecule is CC[C@](C)(N)C1CC1. The van der Waals surface area contributed by atoms with Gasteiger partial charge in [0.05, 0.1) is 0 Å². The Balaban J connectivity index is 2.37. The van der Waals surface area contributed by atoms with Gasteiger partial charge in [0, 0.05) is 5.54 Å². The Labute approximate surface area is 51.3 Å². The van der Waals surface area contributed by atoms with E-state index in [4.69, 9.17) is 5.73 Å². The van der Waals surface area contributed by atoms with E-state index in [1.165, 1.54) is 12.8 Å². The average Bonchev–Trinajstić information content (AvgIpc) is 2.44. The van der Waals surface area contributed by atoms with E-state index in [1.807, 2.05) is 0 Å². The molecular formula is C7H15N. The summed E-state index contributed by atoms with van der Waals surface area (Å²) in [5.41, 5.74) is 6.07. The largest absolute Gasteiger partial charge is 0.325 e. The maximum atomic E-state index is 5.92. The predicted molar refractivity (Wildman–Crippen MR) is 35.6 cm³/mol. The highest BCUT2D eigenvalue weighted by atomic mass is 14.8. The molecule has 1 rings (SSSR count). The first-order chi connectivity index (χ1) is 3.67. The second-order valence-electron chi connectivity index (χ2n) is 3.13. The number of hydrogen-bond acceptors (Lipinski definition) is 1. The van der Waals surface area contributed by atoms with Crippen LogP contribution < -0.4 is 5.73 Å². The van der Waals surface area contributed by atoms with Crippen LogP contribution >= 0.6 is 0 Å². The fraction of sp³-hybridized carbons (Fsp3) is 1.00. The van der Waals surface area contributed by atoms with Crippen molar-refractivity contribution in [2.75, 3.05) is 0 Å². The summed E-state index contributed by atoms with van der Waals surface area (Å²) in [6.45, 7) is 4.32. The van der Waals surface area contributed by atoms with Crippen molar-refractivity contribution in [1.29, 1.82) is 0 Å². The first-order valence-corrected chi connectivity index (χ1v) is 3.45. The van der Waals surface area contributed by atoms with Crippen LogP contribution in [-0.4, -0.2) is 5.54 Å². The summed E-state index contributed by atoms with van der Waals surface area (Å²) in [5, 5.41) is 0. The predicted octanol–water partition coefficient (Wildman–Crippen LogP) is 1.52. The molecule has 2 N–H and O–H groups in total. The van der Waals surface area contributed by atoms with Crippen LogP contribution in [-0.2, 0) is 0 Å². The normalized spacial score (nSPS) is 27.4. The first-order valence-electron chi connectivity index (χ1n) is 3.45. The summed E-state index contributed by atoms with van der Waals surface area (Å²) in [6.07, 6.45) is 3.85. The molecule has 0 radical (unpaired) electrons. The van der Waals surface area contributed by atoms with Crippen LogP contribution in [0.1, 0.15) is 33.1 Å². The van der Waals surface area contributed by atoms with Crippen molar-refractivity contribution < 1.29 is 0 Å². The molecule has 1 aliphatic carbocycles. The molecule has 0 unspecified atom stereocenters. The summed E-state index contributed by atoms with van der Waals surface area (Å²) < 4.78 is 0. The van der Waals surface area contributed by atoms with Crippen molar-refractivity contribution in [3.05, 3.63) is 0 Å². The van der Waals surface area contributed by atoms with Gasteiger partial charge in [0.15, 0.2) is 0 Å². The zero-order chi connectivity index (χ0) is 6.20. The zero-order valence-corrected chi connectivity index (χ0v) is 5.78. The maximum Gasteiger partial charge on any atom is 0.0151 e. The molecule has 0 spiro atoms. The van der Waals surface area contributed by atoms with Gasteiger partial charge in [0.25, 0.3) is 0 Å². The summed E-state index contributed by atoms with van der Waals surface area (Å²) in [6, 6.07) is 0. The van der Waals surface area contributed by atoms with Crippen LogP contribution in [0.2, 0.25) is 0 Å². The lowest BCUT2D eigenvalue weighted by Gasteiger charge is -2.21. The Morgan fingerprint density at radius 2 is 2.12 bits per heavy atom. The van der Waals surface area contributed by atoms with Gasteiger partial charge in [-0.25, -0.2) is 0 Å². The van der Waals surface area contributed by atoms with Gasteiger partial charge >= 0.3 is 0 Å². The third-order valence-corrected chi connectivity index (χ3v) is 2.27. The van der Waals surface area contributed by atoms with Gasteiger partial charge in [-0.05, 0) is 32.1 Å². The lowest BCUT2D eigenvalue weighted by molar-refractivity contribution is 0.395. The van der Waals surface area contributed by atoms with Crippen LogP contribution in [0.5, 0.6) is 0 Å². The molecule has 48 valence electrons. The highest BCUT2D eigenvalue weighted by Crippen LogP contribution is 2.39. The number of hydrogen-bond donors (Lipinski definition) is 1. The van der Waals surface area contributed by atoms with Gasteiger partial charge < -0.3 is 5.73 Å². The van der Waals surface area contributed by atoms with Crippen molar-refractivity contribution in [3.63, 3.8) is 0 Å². The summed E-state index contributed by atoms with van der Waals surface area (Å²) in [4.78, 5) is 0. The standard InChI is InChI=1S/C7H15N/c1-3-7(2,8)6-4-5-6/h6H,3-5,8H2,1-2H3/t7-/m0/s1. The third kappa shape index (κ3) is 1.03. The number of nitrogens with two attached hydrogens (primary N) is 1. The van der Waals surface area contributed by atoms with Crippen molar-refractivity contribution >= 4 is 0 Å². The van der Waals surface area contributed by atoms with Gasteiger partial charge in [-0.15, -0.1) is 0 Å². The topological polar surface area (TPSA) is 26.0 Å². The second kappa shape index (κ2) is 1.73. The molecule has 0 bridgehead atoms. The van der Waals surface area contributed by atoms with Crippen molar-refractivity contribution in [3.8, 4) is 0 Å². The molecule has 0 heterocycles. The Morgan fingerprint density at radius 1 is 1.62 bits per heavy atom. The van der Waals surface area contributed by atoms with E-state index in [0.29, 0.717) is 0 Å². The van der Waals surface area contributed by atoms with Crippen LogP contribution in [0, 0.1) is 5.92 Å². The minimum atomic E-state index is 0.153. The number of rotatable bonds is 2. The Hall–Kier alpha value is -0.0400. The summed E-state index contributed by atoms with van der Waals surface area (Å²) >= 11 is 0. The lowest BCUT2D eigenvalue weighted by atomic mass is 9.94. The second-order valence-corrected chi connectivity index (χ2v) is 3.13. The van der Waals surface area contributed by atoms with E-state index in [2.05, 4.69) is 13.8 Å². The van der Waals surface area contributed by atoms with Gasteiger partial charge in [0.1, 0.15) is 0 Å². The van der Waals surface area contributed by atoms with E-state index in [0.717, 1.165) is 12.3 Å². The molecule has 1 fully saturated rings. The van der Waals surface area contributed by atoms with E-state index in [-0.39, 0.29) is 5.54 Å². The molecule has 8 heavy (non-hydrogen) atoms. The van der Waals surface area contributed by atoms with Crippen LogP contribution in [0.3, 0.4) is 0 Å². The molecule has 0 amide bonds. The van der Waals surface area contributed by atoms with Gasteiger partial charge in [-0.3, -0.25) is 0 Å². The van der Waals surface area contributed by atoms with Crippen molar-refractivity contribution in [2.45, 2.75) is 38.6 Å². The molecular weight excluding hydrogens is 98.1 g/mol. The van der Waals surface area contributed by atoms with Crippen LogP contribution in [0.4, 0.5) is 0 Å². The van der Waals surface area contributed by atoms with Crippen molar-refractivity contribution in [1.82, 2.24) is 0 Å². The Morgan fingerprint density at radius 3 is 2.25 bits per heavy atom. The molecule has 1 nitrogen and oxygen atoms in total. The highest BCUT2D eigenvalue weighted by Gasteiger charge is 2.36. The zero-order valence-electron chi connectivity index (χ0n) is 5.78. The fourth-order valence-electron chi connectivity index (χ4n) is 1.03. The molecule has 1 atom stereocenters. The van der Waals surface area contributed by atoms with Crippen molar-refractivity contribution in [2.24, 2.45) is 11.7 Å². The highest BCUT2D eigenvalue weighted by molar-refractivity contribution is 4.93. The van der Waals surface area contributed by atoms with E-state index in [9.17, 15) is 0 Å². The van der Waals surface area contributed by atoms with Crippen LogP contribution in [0.15, 0.2) is 0 Å². The van der Waals surface area contributed by atoms with Gasteiger partial charge in [-0.2, -0.15) is 0 Å². The van der Waals surface area contributed by atoms with Gasteiger partial charge in [0.2, 0.25) is 0 Å². The molecule has 1 heteroatoms. The van der Waals surface area contributed by atoms with E-state index in [1.54, 1.807) is 0 Å². The molecule has 0 aromatic rings. The quantitative estimate of drug-likeness (QED) is 0.577. The Kier molecular flexibility index (Phi) is 1.31. The smallest absolute Gasteiger partial charge is 0.0151 e. The Bertz CT molecular complexity index is 82.4. The minimum absolute atomic E-state index is 0.153. The summed E-state index contributed by atoms with van der Waals surface area (Å²) in [5.74, 6) is 0.840. The molecule has 0 aliphatic heterocycles. The maximum absolute atomic E-state index is 5.92. The monoisotopic (exact) mass is 113 g/mol. The first kappa shape index (κ1) is 6.09. The fourth-order valence-corrected chi connectivity index (χ4v) is 1.03. The molecule has 0 aromatic carbocycles. The third-order valence-electron chi connectivity index (χ3n) is 2.27.